The van der Waals surface area contributed by atoms with E-state index in [-0.39, 0.29) is 11.9 Å². The van der Waals surface area contributed by atoms with Crippen LogP contribution in [0.4, 0.5) is 0 Å². The van der Waals surface area contributed by atoms with Crippen molar-refractivity contribution in [1.82, 2.24) is 5.32 Å². The Morgan fingerprint density at radius 3 is 2.27 bits per heavy atom. The molecule has 2 rings (SSSR count). The summed E-state index contributed by atoms with van der Waals surface area (Å²) in [4.78, 5) is 12.4. The second-order valence-corrected chi connectivity index (χ2v) is 6.30. The van der Waals surface area contributed by atoms with E-state index in [1.807, 2.05) is 24.3 Å². The lowest BCUT2D eigenvalue weighted by molar-refractivity contribution is -0.121. The molecule has 0 aliphatic heterocycles. The number of benzene rings is 2. The monoisotopic (exact) mass is 295 g/mol. The first-order valence-electron chi connectivity index (χ1n) is 7.88. The number of rotatable bonds is 5. The Balaban J connectivity index is 2.07. The number of nitrogens with one attached hydrogen (secondary N) is 1. The summed E-state index contributed by atoms with van der Waals surface area (Å²) in [6, 6.07) is 16.4. The number of amides is 1. The lowest BCUT2D eigenvalue weighted by Gasteiger charge is -2.23. The van der Waals surface area contributed by atoms with E-state index in [1.165, 1.54) is 11.1 Å². The summed E-state index contributed by atoms with van der Waals surface area (Å²) < 4.78 is 0. The van der Waals surface area contributed by atoms with Crippen LogP contribution in [0.25, 0.3) is 0 Å². The van der Waals surface area contributed by atoms with Crippen LogP contribution in [-0.4, -0.2) is 5.91 Å². The van der Waals surface area contributed by atoms with Crippen molar-refractivity contribution in [2.45, 2.75) is 40.2 Å². The molecule has 1 amide bonds. The smallest absolute Gasteiger partial charge is 0.224 e. The van der Waals surface area contributed by atoms with Crippen LogP contribution >= 0.6 is 0 Å². The van der Waals surface area contributed by atoms with Gasteiger partial charge in [-0.25, -0.2) is 0 Å². The number of hydrogen-bond donors (Lipinski definition) is 1. The fourth-order valence-corrected chi connectivity index (χ4v) is 2.62. The van der Waals surface area contributed by atoms with E-state index < -0.39 is 0 Å². The number of hydrogen-bond acceptors (Lipinski definition) is 1. The summed E-state index contributed by atoms with van der Waals surface area (Å²) in [7, 11) is 0. The van der Waals surface area contributed by atoms with Gasteiger partial charge in [-0.05, 0) is 42.0 Å². The second-order valence-electron chi connectivity index (χ2n) is 6.30. The van der Waals surface area contributed by atoms with Crippen molar-refractivity contribution >= 4 is 5.91 Å². The zero-order valence-corrected chi connectivity index (χ0v) is 13.9. The SMILES string of the molecule is Cc1ccc(CC(=O)N[C@@H](c2ccccc2)C(C)C)cc1C. The van der Waals surface area contributed by atoms with Crippen LogP contribution in [0.5, 0.6) is 0 Å². The summed E-state index contributed by atoms with van der Waals surface area (Å²) in [5.41, 5.74) is 4.71. The molecule has 116 valence electrons. The highest BCUT2D eigenvalue weighted by Crippen LogP contribution is 2.21. The zero-order valence-electron chi connectivity index (χ0n) is 13.9. The fraction of sp³-hybridized carbons (Fsp3) is 0.350. The predicted octanol–water partition coefficient (Wildman–Crippen LogP) is 4.36. The summed E-state index contributed by atoms with van der Waals surface area (Å²) >= 11 is 0. The molecule has 0 unspecified atom stereocenters. The predicted molar refractivity (Wildman–Crippen MR) is 91.8 cm³/mol. The van der Waals surface area contributed by atoms with Crippen LogP contribution in [0, 0.1) is 19.8 Å². The fourth-order valence-electron chi connectivity index (χ4n) is 2.62. The standard InChI is InChI=1S/C20H25NO/c1-14(2)20(18-8-6-5-7-9-18)21-19(22)13-17-11-10-15(3)16(4)12-17/h5-12,14,20H,13H2,1-4H3,(H,21,22)/t20-/m1/s1. The highest BCUT2D eigenvalue weighted by Gasteiger charge is 2.18. The van der Waals surface area contributed by atoms with E-state index in [9.17, 15) is 4.79 Å². The molecular weight excluding hydrogens is 270 g/mol. The Kier molecular flexibility index (Phi) is 5.37. The minimum atomic E-state index is 0.0558. The average molecular weight is 295 g/mol. The van der Waals surface area contributed by atoms with Gasteiger partial charge in [0.25, 0.3) is 0 Å². The number of carbonyl (C=O) groups excluding carboxylic acids is 1. The maximum absolute atomic E-state index is 12.4. The van der Waals surface area contributed by atoms with Crippen LogP contribution in [0.2, 0.25) is 0 Å². The molecule has 2 nitrogen and oxygen atoms in total. The zero-order chi connectivity index (χ0) is 16.1. The van der Waals surface area contributed by atoms with E-state index in [4.69, 9.17) is 0 Å². The highest BCUT2D eigenvalue weighted by molar-refractivity contribution is 5.79. The van der Waals surface area contributed by atoms with Crippen LogP contribution in [0.1, 0.15) is 42.1 Å². The molecule has 2 aromatic carbocycles. The number of aryl methyl sites for hydroxylation is 2. The largest absolute Gasteiger partial charge is 0.349 e. The Morgan fingerprint density at radius 2 is 1.68 bits per heavy atom. The molecule has 0 fully saturated rings. The van der Waals surface area contributed by atoms with Gasteiger partial charge in [0.15, 0.2) is 0 Å². The molecule has 1 N–H and O–H groups in total. The third-order valence-corrected chi connectivity index (χ3v) is 4.08. The van der Waals surface area contributed by atoms with Gasteiger partial charge in [0.1, 0.15) is 0 Å². The molecule has 0 bridgehead atoms. The molecule has 0 aromatic heterocycles. The molecule has 0 heterocycles. The van der Waals surface area contributed by atoms with E-state index in [0.717, 1.165) is 11.1 Å². The van der Waals surface area contributed by atoms with Crippen molar-refractivity contribution in [2.24, 2.45) is 5.92 Å². The highest BCUT2D eigenvalue weighted by atomic mass is 16.1. The van der Waals surface area contributed by atoms with Gasteiger partial charge in [0.05, 0.1) is 12.5 Å². The van der Waals surface area contributed by atoms with Crippen molar-refractivity contribution in [3.05, 3.63) is 70.8 Å². The molecule has 0 radical (unpaired) electrons. The lowest BCUT2D eigenvalue weighted by Crippen LogP contribution is -2.32. The van der Waals surface area contributed by atoms with Crippen LogP contribution in [-0.2, 0) is 11.2 Å². The molecule has 0 aliphatic rings. The van der Waals surface area contributed by atoms with Gasteiger partial charge in [-0.1, -0.05) is 62.4 Å². The molecule has 2 heteroatoms. The number of carbonyl (C=O) groups is 1. The van der Waals surface area contributed by atoms with Crippen molar-refractivity contribution < 1.29 is 4.79 Å². The van der Waals surface area contributed by atoms with Gasteiger partial charge in [-0.15, -0.1) is 0 Å². The van der Waals surface area contributed by atoms with Gasteiger partial charge in [-0.3, -0.25) is 4.79 Å². The molecule has 0 saturated carbocycles. The van der Waals surface area contributed by atoms with Crippen LogP contribution < -0.4 is 5.32 Å². The van der Waals surface area contributed by atoms with Crippen molar-refractivity contribution in [3.63, 3.8) is 0 Å². The second kappa shape index (κ2) is 7.26. The molecule has 1 atom stereocenters. The van der Waals surface area contributed by atoms with Crippen LogP contribution in [0.15, 0.2) is 48.5 Å². The first-order valence-corrected chi connectivity index (χ1v) is 7.88. The minimum absolute atomic E-state index is 0.0558. The van der Waals surface area contributed by atoms with Gasteiger partial charge in [0.2, 0.25) is 5.91 Å². The van der Waals surface area contributed by atoms with Gasteiger partial charge < -0.3 is 5.32 Å². The molecule has 0 saturated heterocycles. The van der Waals surface area contributed by atoms with Gasteiger partial charge in [-0.2, -0.15) is 0 Å². The lowest BCUT2D eigenvalue weighted by atomic mass is 9.95. The van der Waals surface area contributed by atoms with Crippen molar-refractivity contribution in [3.8, 4) is 0 Å². The quantitative estimate of drug-likeness (QED) is 0.872. The molecule has 0 aliphatic carbocycles. The average Bonchev–Trinajstić information content (AvgIpc) is 2.49. The molecule has 0 spiro atoms. The van der Waals surface area contributed by atoms with Gasteiger partial charge in [0, 0.05) is 0 Å². The third kappa shape index (κ3) is 4.20. The Bertz CT molecular complexity index is 631. The third-order valence-electron chi connectivity index (χ3n) is 4.08. The first kappa shape index (κ1) is 16.3. The molecule has 2 aromatic rings. The minimum Gasteiger partial charge on any atom is -0.349 e. The van der Waals surface area contributed by atoms with E-state index in [2.05, 4.69) is 57.3 Å². The summed E-state index contributed by atoms with van der Waals surface area (Å²) in [5, 5.41) is 3.18. The van der Waals surface area contributed by atoms with E-state index in [0.29, 0.717) is 12.3 Å². The topological polar surface area (TPSA) is 29.1 Å². The Morgan fingerprint density at radius 1 is 1.00 bits per heavy atom. The maximum Gasteiger partial charge on any atom is 0.224 e. The molecule has 22 heavy (non-hydrogen) atoms. The maximum atomic E-state index is 12.4. The van der Waals surface area contributed by atoms with E-state index in [1.54, 1.807) is 0 Å². The summed E-state index contributed by atoms with van der Waals surface area (Å²) in [5.74, 6) is 0.428. The molecular formula is C20H25NO. The Hall–Kier alpha value is -2.09. The summed E-state index contributed by atoms with van der Waals surface area (Å²) in [6.07, 6.45) is 0.428. The Labute approximate surface area is 133 Å². The normalized spacial score (nSPS) is 12.2. The van der Waals surface area contributed by atoms with E-state index >= 15 is 0 Å². The first-order chi connectivity index (χ1) is 10.5. The van der Waals surface area contributed by atoms with Crippen LogP contribution in [0.3, 0.4) is 0 Å². The summed E-state index contributed by atoms with van der Waals surface area (Å²) in [6.45, 7) is 8.43. The van der Waals surface area contributed by atoms with Gasteiger partial charge >= 0.3 is 0 Å². The van der Waals surface area contributed by atoms with Crippen molar-refractivity contribution in [2.75, 3.05) is 0 Å². The van der Waals surface area contributed by atoms with Crippen molar-refractivity contribution in [1.29, 1.82) is 0 Å².